The highest BCUT2D eigenvalue weighted by atomic mass is 35.5. The Labute approximate surface area is 208 Å². The number of ether oxygens (including phenoxy) is 1. The maximum absolute atomic E-state index is 11.3. The smallest absolute Gasteiger partial charge is 0.404 e. The summed E-state index contributed by atoms with van der Waals surface area (Å²) in [6.07, 6.45) is 16.6. The first-order valence-electron chi connectivity index (χ1n) is 14.2. The second-order valence-electron chi connectivity index (χ2n) is 13.2. The molecule has 0 saturated heterocycles. The van der Waals surface area contributed by atoms with E-state index in [2.05, 4.69) is 47.6 Å². The number of carbonyl (C=O) groups excluding carboxylic acids is 1. The first-order valence-corrected chi connectivity index (χ1v) is 14.5. The van der Waals surface area contributed by atoms with Gasteiger partial charge in [-0.15, -0.1) is 0 Å². The van der Waals surface area contributed by atoms with Gasteiger partial charge in [0.05, 0.1) is 0 Å². The molecule has 9 atom stereocenters. The van der Waals surface area contributed by atoms with Crippen LogP contribution >= 0.6 is 11.6 Å². The summed E-state index contributed by atoms with van der Waals surface area (Å²) in [6.45, 7) is 15.0. The van der Waals surface area contributed by atoms with Gasteiger partial charge in [-0.1, -0.05) is 66.0 Å². The molecule has 0 N–H and O–H groups in total. The van der Waals surface area contributed by atoms with Crippen LogP contribution in [0.25, 0.3) is 0 Å². The van der Waals surface area contributed by atoms with Crippen LogP contribution in [-0.4, -0.2) is 11.5 Å². The first kappa shape index (κ1) is 25.6. The summed E-state index contributed by atoms with van der Waals surface area (Å²) in [5.74, 6) is 6.02. The van der Waals surface area contributed by atoms with E-state index >= 15 is 0 Å². The normalized spacial score (nSPS) is 42.1. The third kappa shape index (κ3) is 4.68. The van der Waals surface area contributed by atoms with Gasteiger partial charge in [0.2, 0.25) is 0 Å². The minimum atomic E-state index is -0.643. The number of fused-ring (bicyclic) bond motifs is 5. The van der Waals surface area contributed by atoms with Gasteiger partial charge in [-0.2, -0.15) is 0 Å². The predicted molar refractivity (Wildman–Crippen MR) is 138 cm³/mol. The van der Waals surface area contributed by atoms with Crippen molar-refractivity contribution >= 4 is 17.0 Å². The lowest BCUT2D eigenvalue weighted by Gasteiger charge is -2.58. The van der Waals surface area contributed by atoms with E-state index in [1.807, 2.05) is 0 Å². The Kier molecular flexibility index (Phi) is 7.65. The molecule has 0 aliphatic heterocycles. The van der Waals surface area contributed by atoms with Gasteiger partial charge in [0.1, 0.15) is 6.10 Å². The van der Waals surface area contributed by atoms with Crippen molar-refractivity contribution in [1.82, 2.24) is 0 Å². The minimum absolute atomic E-state index is 0.0192. The molecule has 2 nitrogen and oxygen atoms in total. The van der Waals surface area contributed by atoms with E-state index in [-0.39, 0.29) is 6.10 Å². The van der Waals surface area contributed by atoms with Crippen LogP contribution in [0.1, 0.15) is 112 Å². The molecular weight excluding hydrogens is 428 g/mol. The van der Waals surface area contributed by atoms with Crippen molar-refractivity contribution in [2.45, 2.75) is 118 Å². The van der Waals surface area contributed by atoms with Crippen molar-refractivity contribution in [1.29, 1.82) is 0 Å². The molecule has 0 heterocycles. The summed E-state index contributed by atoms with van der Waals surface area (Å²) in [5, 5.41) is 0. The number of hydrogen-bond donors (Lipinski definition) is 0. The largest absolute Gasteiger partial charge is 0.450 e. The molecule has 0 amide bonds. The van der Waals surface area contributed by atoms with Crippen LogP contribution in [0.2, 0.25) is 0 Å². The highest BCUT2D eigenvalue weighted by Gasteiger charge is 2.59. The molecule has 3 heteroatoms. The lowest BCUT2D eigenvalue weighted by molar-refractivity contribution is -0.0576. The summed E-state index contributed by atoms with van der Waals surface area (Å²) in [5.41, 5.74) is 1.75. The van der Waals surface area contributed by atoms with Crippen molar-refractivity contribution in [3.63, 3.8) is 0 Å². The lowest BCUT2D eigenvalue weighted by Crippen LogP contribution is -2.51. The number of allylic oxidation sites excluding steroid dienone is 1. The average molecular weight is 477 g/mol. The van der Waals surface area contributed by atoms with E-state index in [9.17, 15) is 4.79 Å². The molecule has 0 spiro atoms. The Hall–Kier alpha value is -0.500. The number of rotatable bonds is 7. The fourth-order valence-electron chi connectivity index (χ4n) is 9.52. The molecule has 4 rings (SSSR count). The van der Waals surface area contributed by atoms with Crippen LogP contribution in [-0.2, 0) is 4.74 Å². The number of carbonyl (C=O) groups is 1. The first-order chi connectivity index (χ1) is 15.6. The van der Waals surface area contributed by atoms with Gasteiger partial charge in [-0.25, -0.2) is 4.79 Å². The number of hydrogen-bond acceptors (Lipinski definition) is 2. The van der Waals surface area contributed by atoms with Crippen LogP contribution in [0.5, 0.6) is 0 Å². The van der Waals surface area contributed by atoms with Crippen LogP contribution in [0, 0.1) is 52.3 Å². The second kappa shape index (κ2) is 9.87. The molecule has 0 bridgehead atoms. The highest BCUT2D eigenvalue weighted by molar-refractivity contribution is 6.61. The lowest BCUT2D eigenvalue weighted by atomic mass is 9.47. The van der Waals surface area contributed by atoms with E-state index in [1.54, 1.807) is 5.57 Å². The van der Waals surface area contributed by atoms with Crippen LogP contribution < -0.4 is 0 Å². The third-order valence-corrected chi connectivity index (χ3v) is 11.6. The average Bonchev–Trinajstić information content (AvgIpc) is 3.11. The maximum Gasteiger partial charge on any atom is 0.404 e. The van der Waals surface area contributed by atoms with E-state index in [0.717, 1.165) is 60.7 Å². The van der Waals surface area contributed by atoms with Crippen LogP contribution in [0.3, 0.4) is 0 Å². The molecular formula is C30H49ClO2. The SMILES string of the molecule is CC[C@H](CC[C@@H](C)[C@H]1CC[C@H]2[C@@H]3CC=C4C[C@@H](OC(=O)Cl)CC[C@]4(C)[C@H]3CC[C@]12C)C(C)C. The predicted octanol–water partition coefficient (Wildman–Crippen LogP) is 9.41. The second-order valence-corrected chi connectivity index (χ2v) is 13.5. The van der Waals surface area contributed by atoms with Crippen molar-refractivity contribution in [3.05, 3.63) is 11.6 Å². The van der Waals surface area contributed by atoms with Crippen molar-refractivity contribution in [2.75, 3.05) is 0 Å². The van der Waals surface area contributed by atoms with E-state index in [4.69, 9.17) is 16.3 Å². The Morgan fingerprint density at radius 3 is 2.52 bits per heavy atom. The van der Waals surface area contributed by atoms with Gasteiger partial charge in [0.25, 0.3) is 0 Å². The Balaban J connectivity index is 1.46. The molecule has 3 fully saturated rings. The van der Waals surface area contributed by atoms with Gasteiger partial charge in [0, 0.05) is 18.0 Å². The molecule has 0 aromatic rings. The van der Waals surface area contributed by atoms with Crippen molar-refractivity contribution in [2.24, 2.45) is 52.3 Å². The summed E-state index contributed by atoms with van der Waals surface area (Å²) >= 11 is 5.53. The summed E-state index contributed by atoms with van der Waals surface area (Å²) < 4.78 is 5.40. The highest BCUT2D eigenvalue weighted by Crippen LogP contribution is 2.67. The van der Waals surface area contributed by atoms with Crippen molar-refractivity contribution in [3.8, 4) is 0 Å². The number of halogens is 1. The van der Waals surface area contributed by atoms with E-state index < -0.39 is 5.43 Å². The van der Waals surface area contributed by atoms with Crippen molar-refractivity contribution < 1.29 is 9.53 Å². The monoisotopic (exact) mass is 476 g/mol. The molecule has 0 radical (unpaired) electrons. The topological polar surface area (TPSA) is 26.3 Å². The fourth-order valence-corrected chi connectivity index (χ4v) is 9.65. The summed E-state index contributed by atoms with van der Waals surface area (Å²) in [4.78, 5) is 11.3. The summed E-state index contributed by atoms with van der Waals surface area (Å²) in [7, 11) is 0. The molecule has 4 aliphatic carbocycles. The molecule has 4 aliphatic rings. The fraction of sp³-hybridized carbons (Fsp3) is 0.900. The molecule has 0 aromatic carbocycles. The van der Waals surface area contributed by atoms with Gasteiger partial charge >= 0.3 is 5.43 Å². The quantitative estimate of drug-likeness (QED) is 0.270. The maximum atomic E-state index is 11.3. The Morgan fingerprint density at radius 2 is 1.85 bits per heavy atom. The Bertz CT molecular complexity index is 744. The molecule has 0 unspecified atom stereocenters. The molecule has 188 valence electrons. The third-order valence-electron chi connectivity index (χ3n) is 11.5. The zero-order valence-corrected chi connectivity index (χ0v) is 22.9. The molecule has 33 heavy (non-hydrogen) atoms. The van der Waals surface area contributed by atoms with Crippen LogP contribution in [0.15, 0.2) is 11.6 Å². The Morgan fingerprint density at radius 1 is 1.09 bits per heavy atom. The van der Waals surface area contributed by atoms with Gasteiger partial charge in [-0.3, -0.25) is 0 Å². The zero-order valence-electron chi connectivity index (χ0n) is 22.2. The standard InChI is InChI=1S/C30H49ClO2/c1-7-21(19(2)3)9-8-20(4)25-12-13-26-24-11-10-22-18-23(33-28(31)32)14-16-29(22,5)27(24)15-17-30(25,26)6/h10,19-21,23-27H,7-9,11-18H2,1-6H3/t20-,21-,23+,24+,25-,26+,27+,29+,30-/m1/s1. The van der Waals surface area contributed by atoms with Gasteiger partial charge < -0.3 is 4.74 Å². The molecule has 3 saturated carbocycles. The van der Waals surface area contributed by atoms with Gasteiger partial charge in [0.15, 0.2) is 0 Å². The summed E-state index contributed by atoms with van der Waals surface area (Å²) in [6, 6.07) is 0. The molecule has 0 aromatic heterocycles. The van der Waals surface area contributed by atoms with E-state index in [0.29, 0.717) is 10.8 Å². The van der Waals surface area contributed by atoms with E-state index in [1.165, 1.54) is 51.4 Å². The zero-order chi connectivity index (χ0) is 24.0. The van der Waals surface area contributed by atoms with Crippen LogP contribution in [0.4, 0.5) is 4.79 Å². The van der Waals surface area contributed by atoms with Gasteiger partial charge in [-0.05, 0) is 104 Å². The minimum Gasteiger partial charge on any atom is -0.450 e.